The van der Waals surface area contributed by atoms with Crippen LogP contribution in [-0.4, -0.2) is 60.8 Å². The van der Waals surface area contributed by atoms with Crippen molar-refractivity contribution in [1.82, 2.24) is 10.2 Å². The fourth-order valence-corrected chi connectivity index (χ4v) is 1.81. The topological polar surface area (TPSA) is 78.9 Å². The molecule has 0 atom stereocenters. The molecule has 0 radical (unpaired) electrons. The van der Waals surface area contributed by atoms with Crippen LogP contribution >= 0.6 is 0 Å². The molecule has 0 aromatic heterocycles. The Bertz CT molecular complexity index is 331. The normalized spacial score (nSPS) is 16.2. The van der Waals surface area contributed by atoms with Gasteiger partial charge in [-0.05, 0) is 12.8 Å². The third-order valence-corrected chi connectivity index (χ3v) is 2.63. The van der Waals surface area contributed by atoms with Gasteiger partial charge in [0.25, 0.3) is 0 Å². The SMILES string of the molecule is C#CCN(CC(=O)O)CC(=O)NC1CCOCC1. The third kappa shape index (κ3) is 5.66. The van der Waals surface area contributed by atoms with Gasteiger partial charge in [-0.25, -0.2) is 0 Å². The molecule has 18 heavy (non-hydrogen) atoms. The molecule has 0 aromatic carbocycles. The Labute approximate surface area is 106 Å². The first-order chi connectivity index (χ1) is 8.61. The molecule has 2 N–H and O–H groups in total. The first-order valence-electron chi connectivity index (χ1n) is 5.86. The van der Waals surface area contributed by atoms with Gasteiger partial charge in [-0.3, -0.25) is 14.5 Å². The molecule has 0 unspecified atom stereocenters. The minimum atomic E-state index is -0.996. The fraction of sp³-hybridized carbons (Fsp3) is 0.667. The smallest absolute Gasteiger partial charge is 0.317 e. The van der Waals surface area contributed by atoms with Gasteiger partial charge in [0.1, 0.15) is 0 Å². The molecule has 0 saturated carbocycles. The summed E-state index contributed by atoms with van der Waals surface area (Å²) in [5.41, 5.74) is 0. The molecule has 1 amide bonds. The lowest BCUT2D eigenvalue weighted by molar-refractivity contribution is -0.138. The molecular formula is C12H18N2O4. The summed E-state index contributed by atoms with van der Waals surface area (Å²) in [4.78, 5) is 23.7. The van der Waals surface area contributed by atoms with Crippen molar-refractivity contribution in [2.45, 2.75) is 18.9 Å². The molecule has 1 rings (SSSR count). The van der Waals surface area contributed by atoms with Gasteiger partial charge in [-0.15, -0.1) is 6.42 Å². The zero-order valence-electron chi connectivity index (χ0n) is 10.2. The summed E-state index contributed by atoms with van der Waals surface area (Å²) in [7, 11) is 0. The first-order valence-corrected chi connectivity index (χ1v) is 5.86. The van der Waals surface area contributed by atoms with Gasteiger partial charge in [0, 0.05) is 19.3 Å². The maximum atomic E-state index is 11.7. The van der Waals surface area contributed by atoms with Crippen LogP contribution in [0.5, 0.6) is 0 Å². The molecule has 0 bridgehead atoms. The lowest BCUT2D eigenvalue weighted by Gasteiger charge is -2.24. The van der Waals surface area contributed by atoms with Crippen molar-refractivity contribution in [3.05, 3.63) is 0 Å². The minimum Gasteiger partial charge on any atom is -0.480 e. The number of aliphatic carboxylic acids is 1. The van der Waals surface area contributed by atoms with E-state index in [1.807, 2.05) is 0 Å². The van der Waals surface area contributed by atoms with Crippen LogP contribution in [0.3, 0.4) is 0 Å². The van der Waals surface area contributed by atoms with E-state index in [0.717, 1.165) is 12.8 Å². The standard InChI is InChI=1S/C12H18N2O4/c1-2-5-14(9-12(16)17)8-11(15)13-10-3-6-18-7-4-10/h1,10H,3-9H2,(H,13,15)(H,16,17). The Morgan fingerprint density at radius 2 is 2.06 bits per heavy atom. The van der Waals surface area contributed by atoms with Crippen molar-refractivity contribution < 1.29 is 19.4 Å². The highest BCUT2D eigenvalue weighted by atomic mass is 16.5. The number of ether oxygens (including phenoxy) is 1. The van der Waals surface area contributed by atoms with E-state index >= 15 is 0 Å². The average molecular weight is 254 g/mol. The largest absolute Gasteiger partial charge is 0.480 e. The number of hydrogen-bond acceptors (Lipinski definition) is 4. The lowest BCUT2D eigenvalue weighted by Crippen LogP contribution is -2.45. The van der Waals surface area contributed by atoms with Gasteiger partial charge in [0.15, 0.2) is 0 Å². The highest BCUT2D eigenvalue weighted by molar-refractivity contribution is 5.79. The van der Waals surface area contributed by atoms with E-state index in [1.54, 1.807) is 0 Å². The van der Waals surface area contributed by atoms with E-state index in [-0.39, 0.29) is 31.6 Å². The van der Waals surface area contributed by atoms with Crippen LogP contribution in [0.4, 0.5) is 0 Å². The van der Waals surface area contributed by atoms with E-state index in [9.17, 15) is 9.59 Å². The fourth-order valence-electron chi connectivity index (χ4n) is 1.81. The highest BCUT2D eigenvalue weighted by Gasteiger charge is 2.18. The predicted octanol–water partition coefficient (Wildman–Crippen LogP) is -0.699. The van der Waals surface area contributed by atoms with E-state index < -0.39 is 5.97 Å². The number of hydrogen-bond donors (Lipinski definition) is 2. The van der Waals surface area contributed by atoms with Gasteiger partial charge in [-0.1, -0.05) is 5.92 Å². The molecule has 1 aliphatic heterocycles. The number of rotatable bonds is 6. The van der Waals surface area contributed by atoms with Crippen LogP contribution in [0.2, 0.25) is 0 Å². The second-order valence-electron chi connectivity index (χ2n) is 4.20. The van der Waals surface area contributed by atoms with Gasteiger partial charge < -0.3 is 15.2 Å². The predicted molar refractivity (Wildman–Crippen MR) is 64.9 cm³/mol. The monoisotopic (exact) mass is 254 g/mol. The number of terminal acetylenes is 1. The summed E-state index contributed by atoms with van der Waals surface area (Å²) >= 11 is 0. The lowest BCUT2D eigenvalue weighted by atomic mass is 10.1. The molecule has 1 aliphatic rings. The van der Waals surface area contributed by atoms with Crippen molar-refractivity contribution in [3.63, 3.8) is 0 Å². The molecule has 1 heterocycles. The number of carboxylic acid groups (broad SMARTS) is 1. The molecule has 0 spiro atoms. The molecular weight excluding hydrogens is 236 g/mol. The van der Waals surface area contributed by atoms with Crippen LogP contribution in [0.1, 0.15) is 12.8 Å². The van der Waals surface area contributed by atoms with Crippen molar-refractivity contribution in [3.8, 4) is 12.3 Å². The zero-order valence-corrected chi connectivity index (χ0v) is 10.2. The number of carbonyl (C=O) groups excluding carboxylic acids is 1. The van der Waals surface area contributed by atoms with Gasteiger partial charge in [-0.2, -0.15) is 0 Å². The van der Waals surface area contributed by atoms with E-state index in [1.165, 1.54) is 4.90 Å². The number of nitrogens with zero attached hydrogens (tertiary/aromatic N) is 1. The average Bonchev–Trinajstić information content (AvgIpc) is 2.29. The van der Waals surface area contributed by atoms with Gasteiger partial charge in [0.05, 0.1) is 19.6 Å². The quantitative estimate of drug-likeness (QED) is 0.613. The van der Waals surface area contributed by atoms with E-state index in [4.69, 9.17) is 16.3 Å². The second-order valence-corrected chi connectivity index (χ2v) is 4.20. The van der Waals surface area contributed by atoms with Crippen molar-refractivity contribution >= 4 is 11.9 Å². The van der Waals surface area contributed by atoms with E-state index in [0.29, 0.717) is 13.2 Å². The number of carbonyl (C=O) groups is 2. The molecule has 6 heteroatoms. The summed E-state index contributed by atoms with van der Waals surface area (Å²) in [6.07, 6.45) is 6.72. The summed E-state index contributed by atoms with van der Waals surface area (Å²) in [6, 6.07) is 0.115. The van der Waals surface area contributed by atoms with E-state index in [2.05, 4.69) is 11.2 Å². The Balaban J connectivity index is 2.35. The number of amides is 1. The number of carboxylic acids is 1. The Kier molecular flexibility index (Phi) is 6.19. The zero-order chi connectivity index (χ0) is 13.4. The Morgan fingerprint density at radius 3 is 2.61 bits per heavy atom. The van der Waals surface area contributed by atoms with Crippen LogP contribution in [0.25, 0.3) is 0 Å². The highest BCUT2D eigenvalue weighted by Crippen LogP contribution is 2.05. The summed E-state index contributed by atoms with van der Waals surface area (Å²) in [6.45, 7) is 1.22. The molecule has 100 valence electrons. The van der Waals surface area contributed by atoms with Crippen LogP contribution < -0.4 is 5.32 Å². The summed E-state index contributed by atoms with van der Waals surface area (Å²) < 4.78 is 5.19. The molecule has 6 nitrogen and oxygen atoms in total. The van der Waals surface area contributed by atoms with Crippen LogP contribution in [-0.2, 0) is 14.3 Å². The summed E-state index contributed by atoms with van der Waals surface area (Å²) in [5.74, 6) is 1.15. The number of nitrogens with one attached hydrogen (secondary N) is 1. The minimum absolute atomic E-state index is 0.00779. The van der Waals surface area contributed by atoms with Gasteiger partial charge >= 0.3 is 5.97 Å². The Morgan fingerprint density at radius 1 is 1.39 bits per heavy atom. The third-order valence-electron chi connectivity index (χ3n) is 2.63. The molecule has 0 aliphatic carbocycles. The Hall–Kier alpha value is -1.58. The van der Waals surface area contributed by atoms with Gasteiger partial charge in [0.2, 0.25) is 5.91 Å². The second kappa shape index (κ2) is 7.69. The van der Waals surface area contributed by atoms with Crippen LogP contribution in [0.15, 0.2) is 0 Å². The maximum Gasteiger partial charge on any atom is 0.317 e. The summed E-state index contributed by atoms with van der Waals surface area (Å²) in [5, 5.41) is 11.5. The van der Waals surface area contributed by atoms with Crippen molar-refractivity contribution in [1.29, 1.82) is 0 Å². The molecule has 1 fully saturated rings. The molecule has 1 saturated heterocycles. The van der Waals surface area contributed by atoms with Crippen molar-refractivity contribution in [2.75, 3.05) is 32.8 Å². The maximum absolute atomic E-state index is 11.7. The molecule has 0 aromatic rings. The first kappa shape index (κ1) is 14.5. The van der Waals surface area contributed by atoms with Crippen LogP contribution in [0, 0.1) is 12.3 Å². The van der Waals surface area contributed by atoms with Crippen molar-refractivity contribution in [2.24, 2.45) is 0 Å².